The molecule has 0 aromatic carbocycles. The van der Waals surface area contributed by atoms with Gasteiger partial charge in [-0.25, -0.2) is 4.98 Å². The molecule has 0 saturated carbocycles. The molecule has 1 aromatic heterocycles. The van der Waals surface area contributed by atoms with Crippen LogP contribution in [0.3, 0.4) is 0 Å². The second kappa shape index (κ2) is 6.05. The second-order valence-electron chi connectivity index (χ2n) is 4.31. The van der Waals surface area contributed by atoms with Gasteiger partial charge in [0.2, 0.25) is 0 Å². The zero-order valence-electron chi connectivity index (χ0n) is 10.2. The van der Waals surface area contributed by atoms with Gasteiger partial charge in [0.05, 0.1) is 0 Å². The van der Waals surface area contributed by atoms with Gasteiger partial charge in [-0.2, -0.15) is 5.10 Å². The maximum Gasteiger partial charge on any atom is 0.187 e. The van der Waals surface area contributed by atoms with Crippen LogP contribution in [-0.4, -0.2) is 22.7 Å². The summed E-state index contributed by atoms with van der Waals surface area (Å²) in [6.45, 7) is 6.85. The van der Waals surface area contributed by atoms with Crippen molar-refractivity contribution in [3.63, 3.8) is 0 Å². The maximum absolute atomic E-state index is 4.41. The average Bonchev–Trinajstić information content (AvgIpc) is 2.72. The highest BCUT2D eigenvalue weighted by molar-refractivity contribution is 6.78. The van der Waals surface area contributed by atoms with Crippen molar-refractivity contribution in [2.24, 2.45) is 0 Å². The van der Waals surface area contributed by atoms with Gasteiger partial charge in [0, 0.05) is 0 Å². The number of nitrogens with zero attached hydrogens (tertiary/aromatic N) is 3. The molecule has 0 spiro atoms. The van der Waals surface area contributed by atoms with Gasteiger partial charge in [0.25, 0.3) is 0 Å². The van der Waals surface area contributed by atoms with Crippen LogP contribution >= 0.6 is 0 Å². The van der Waals surface area contributed by atoms with E-state index in [2.05, 4.69) is 35.2 Å². The zero-order chi connectivity index (χ0) is 11.1. The van der Waals surface area contributed by atoms with Crippen molar-refractivity contribution in [1.29, 1.82) is 0 Å². The first kappa shape index (κ1) is 12.4. The number of hydrogen-bond donors (Lipinski definition) is 0. The summed E-state index contributed by atoms with van der Waals surface area (Å²) in [6.07, 6.45) is 7.43. The first-order chi connectivity index (χ1) is 7.29. The largest absolute Gasteiger partial charge is 0.283 e. The van der Waals surface area contributed by atoms with Crippen LogP contribution in [0.25, 0.3) is 0 Å². The van der Waals surface area contributed by atoms with Crippen LogP contribution in [0.15, 0.2) is 12.7 Å². The Balaban J connectivity index is 2.90. The third kappa shape index (κ3) is 2.90. The monoisotopic (exact) mass is 225 g/mol. The Morgan fingerprint density at radius 3 is 1.87 bits per heavy atom. The van der Waals surface area contributed by atoms with Gasteiger partial charge in [-0.15, -0.1) is 0 Å². The summed E-state index contributed by atoms with van der Waals surface area (Å²) in [5.41, 5.74) is 0. The molecule has 15 heavy (non-hydrogen) atoms. The second-order valence-corrected chi connectivity index (χ2v) is 8.72. The Kier molecular flexibility index (Phi) is 5.01. The molecule has 0 saturated heterocycles. The Morgan fingerprint density at radius 2 is 1.53 bits per heavy atom. The topological polar surface area (TPSA) is 30.7 Å². The molecule has 0 atom stereocenters. The zero-order valence-corrected chi connectivity index (χ0v) is 11.2. The highest BCUT2D eigenvalue weighted by atomic mass is 28.3. The molecule has 0 fully saturated rings. The summed E-state index contributed by atoms with van der Waals surface area (Å²) in [5.74, 6) is 0. The predicted octanol–water partition coefficient (Wildman–Crippen LogP) is 3.30. The van der Waals surface area contributed by atoms with E-state index in [1.807, 2.05) is 6.33 Å². The molecular formula is C11H23N3Si. The summed E-state index contributed by atoms with van der Waals surface area (Å²) in [6, 6.07) is 4.04. The molecule has 0 amide bonds. The summed E-state index contributed by atoms with van der Waals surface area (Å²) in [5, 5.41) is 4.41. The molecule has 1 aromatic rings. The van der Waals surface area contributed by atoms with Gasteiger partial charge >= 0.3 is 0 Å². The lowest BCUT2D eigenvalue weighted by Gasteiger charge is -2.30. The minimum atomic E-state index is -1.38. The fraction of sp³-hybridized carbons (Fsp3) is 0.818. The number of rotatable bonds is 7. The van der Waals surface area contributed by atoms with Crippen LogP contribution in [0, 0.1) is 0 Å². The molecule has 0 aliphatic heterocycles. The van der Waals surface area contributed by atoms with E-state index in [1.54, 1.807) is 6.33 Å². The number of hydrogen-bond acceptors (Lipinski definition) is 2. The van der Waals surface area contributed by atoms with Crippen LogP contribution in [0.5, 0.6) is 0 Å². The van der Waals surface area contributed by atoms with E-state index in [1.165, 1.54) is 37.4 Å². The molecule has 4 heteroatoms. The van der Waals surface area contributed by atoms with E-state index < -0.39 is 8.24 Å². The Labute approximate surface area is 94.0 Å². The van der Waals surface area contributed by atoms with Crippen LogP contribution in [0.1, 0.15) is 40.0 Å². The molecule has 0 unspecified atom stereocenters. The minimum Gasteiger partial charge on any atom is -0.283 e. The average molecular weight is 225 g/mol. The quantitative estimate of drug-likeness (QED) is 0.667. The first-order valence-corrected chi connectivity index (χ1v) is 8.71. The molecule has 1 heterocycles. The Morgan fingerprint density at radius 1 is 1.00 bits per heavy atom. The van der Waals surface area contributed by atoms with E-state index in [0.29, 0.717) is 0 Å². The SMILES string of the molecule is CCC[Si](CCC)(CCC)n1cncn1. The molecule has 0 aliphatic rings. The van der Waals surface area contributed by atoms with E-state index in [0.717, 1.165) is 0 Å². The first-order valence-electron chi connectivity index (χ1n) is 6.14. The van der Waals surface area contributed by atoms with E-state index in [9.17, 15) is 0 Å². The Bertz CT molecular complexity index is 242. The van der Waals surface area contributed by atoms with Crippen molar-refractivity contribution in [3.8, 4) is 0 Å². The lowest BCUT2D eigenvalue weighted by atomic mass is 10.6. The number of aromatic nitrogens is 3. The molecule has 0 aliphatic carbocycles. The van der Waals surface area contributed by atoms with Gasteiger partial charge in [-0.3, -0.25) is 4.35 Å². The minimum absolute atomic E-state index is 1.27. The van der Waals surface area contributed by atoms with E-state index in [-0.39, 0.29) is 0 Å². The van der Waals surface area contributed by atoms with Crippen molar-refractivity contribution >= 4 is 8.24 Å². The van der Waals surface area contributed by atoms with Gasteiger partial charge in [0.1, 0.15) is 12.7 Å². The lowest BCUT2D eigenvalue weighted by molar-refractivity contribution is 0.811. The summed E-state index contributed by atoms with van der Waals surface area (Å²) in [4.78, 5) is 4.12. The van der Waals surface area contributed by atoms with Crippen molar-refractivity contribution in [2.45, 2.75) is 58.2 Å². The normalized spacial score (nSPS) is 11.9. The van der Waals surface area contributed by atoms with Gasteiger partial charge < -0.3 is 0 Å². The summed E-state index contributed by atoms with van der Waals surface area (Å²) in [7, 11) is -1.38. The fourth-order valence-corrected chi connectivity index (χ4v) is 7.41. The van der Waals surface area contributed by atoms with Crippen molar-refractivity contribution in [1.82, 2.24) is 14.4 Å². The smallest absolute Gasteiger partial charge is 0.187 e. The third-order valence-electron chi connectivity index (χ3n) is 3.05. The van der Waals surface area contributed by atoms with Gasteiger partial charge in [-0.1, -0.05) is 40.0 Å². The van der Waals surface area contributed by atoms with Gasteiger partial charge in [0.15, 0.2) is 8.24 Å². The lowest BCUT2D eigenvalue weighted by Crippen LogP contribution is -2.43. The predicted molar refractivity (Wildman–Crippen MR) is 66.5 cm³/mol. The maximum atomic E-state index is 4.41. The molecule has 0 bridgehead atoms. The molecule has 3 nitrogen and oxygen atoms in total. The molecule has 0 N–H and O–H groups in total. The molecule has 86 valence electrons. The summed E-state index contributed by atoms with van der Waals surface area (Å²) < 4.78 is 2.23. The third-order valence-corrected chi connectivity index (χ3v) is 8.55. The summed E-state index contributed by atoms with van der Waals surface area (Å²) >= 11 is 0. The van der Waals surface area contributed by atoms with Crippen LogP contribution in [0.4, 0.5) is 0 Å². The van der Waals surface area contributed by atoms with Crippen LogP contribution in [0.2, 0.25) is 18.1 Å². The molecule has 0 radical (unpaired) electrons. The highest BCUT2D eigenvalue weighted by Gasteiger charge is 2.33. The Hall–Kier alpha value is -0.643. The van der Waals surface area contributed by atoms with Crippen molar-refractivity contribution in [3.05, 3.63) is 12.7 Å². The van der Waals surface area contributed by atoms with Gasteiger partial charge in [-0.05, 0) is 18.1 Å². The van der Waals surface area contributed by atoms with Crippen LogP contribution < -0.4 is 0 Å². The molecule has 1 rings (SSSR count). The van der Waals surface area contributed by atoms with E-state index >= 15 is 0 Å². The highest BCUT2D eigenvalue weighted by Crippen LogP contribution is 2.26. The van der Waals surface area contributed by atoms with Crippen molar-refractivity contribution < 1.29 is 0 Å². The molecular weight excluding hydrogens is 202 g/mol. The van der Waals surface area contributed by atoms with Crippen LogP contribution in [-0.2, 0) is 0 Å². The standard InChI is InChI=1S/C11H23N3Si/c1-4-7-15(8-5-2,9-6-3)14-11-12-10-13-14/h10-11H,4-9H2,1-3H3. The van der Waals surface area contributed by atoms with Crippen molar-refractivity contribution in [2.75, 3.05) is 0 Å². The fourth-order valence-electron chi connectivity index (χ4n) is 2.57. The van der Waals surface area contributed by atoms with E-state index in [4.69, 9.17) is 0 Å².